The number of aromatic amines is 1. The second-order valence-electron chi connectivity index (χ2n) is 9.24. The van der Waals surface area contributed by atoms with Crippen molar-refractivity contribution in [2.45, 2.75) is 26.7 Å². The number of fused-ring (bicyclic) bond motifs is 1. The van der Waals surface area contributed by atoms with E-state index in [1.165, 1.54) is 6.33 Å². The summed E-state index contributed by atoms with van der Waals surface area (Å²) in [6.07, 6.45) is 5.42. The van der Waals surface area contributed by atoms with Gasteiger partial charge in [0.15, 0.2) is 0 Å². The minimum Gasteiger partial charge on any atom is -0.378 e. The fraction of sp³-hybridized carbons (Fsp3) is 0.478. The Balaban J connectivity index is 1.45. The first-order chi connectivity index (χ1) is 15.5. The number of hydrogen-bond donors (Lipinski definition) is 2. The number of aromatic nitrogens is 4. The first-order valence-electron chi connectivity index (χ1n) is 11.2. The molecule has 0 aliphatic carbocycles. The molecule has 0 radical (unpaired) electrons. The lowest BCUT2D eigenvalue weighted by Gasteiger charge is -2.37. The predicted molar refractivity (Wildman–Crippen MR) is 126 cm³/mol. The van der Waals surface area contributed by atoms with Crippen molar-refractivity contribution >= 4 is 34.0 Å². The molecule has 168 valence electrons. The second-order valence-corrected chi connectivity index (χ2v) is 9.24. The van der Waals surface area contributed by atoms with Crippen molar-refractivity contribution in [2.75, 3.05) is 54.5 Å². The summed E-state index contributed by atoms with van der Waals surface area (Å²) in [5.41, 5.74) is 1.53. The molecule has 0 spiro atoms. The third-order valence-corrected chi connectivity index (χ3v) is 6.40. The van der Waals surface area contributed by atoms with Crippen LogP contribution in [0.4, 0.5) is 23.1 Å². The van der Waals surface area contributed by atoms with Gasteiger partial charge < -0.3 is 24.8 Å². The largest absolute Gasteiger partial charge is 0.378 e. The molecule has 2 aliphatic heterocycles. The molecule has 2 fully saturated rings. The lowest BCUT2D eigenvalue weighted by Crippen LogP contribution is -2.37. The summed E-state index contributed by atoms with van der Waals surface area (Å²) in [5, 5.41) is 3.76. The Kier molecular flexibility index (Phi) is 5.42. The first kappa shape index (κ1) is 20.7. The SMILES string of the molecule is CC1(C)CCN(c2cc3nc[nH]c(=O)c3c(Nc3ccc(N4CCOCC4)nc3)n2)CC1. The van der Waals surface area contributed by atoms with Gasteiger partial charge in [0.2, 0.25) is 0 Å². The van der Waals surface area contributed by atoms with Gasteiger partial charge in [-0.2, -0.15) is 0 Å². The van der Waals surface area contributed by atoms with Crippen LogP contribution in [0.2, 0.25) is 0 Å². The van der Waals surface area contributed by atoms with E-state index in [0.717, 1.165) is 56.3 Å². The van der Waals surface area contributed by atoms with Crippen LogP contribution in [-0.2, 0) is 4.74 Å². The van der Waals surface area contributed by atoms with Crippen molar-refractivity contribution < 1.29 is 4.74 Å². The molecule has 0 unspecified atom stereocenters. The van der Waals surface area contributed by atoms with Crippen molar-refractivity contribution in [3.05, 3.63) is 41.1 Å². The van der Waals surface area contributed by atoms with Crippen LogP contribution >= 0.6 is 0 Å². The third kappa shape index (κ3) is 4.25. The topological polar surface area (TPSA) is 99.3 Å². The molecule has 9 heteroatoms. The predicted octanol–water partition coefficient (Wildman–Crippen LogP) is 2.92. The highest BCUT2D eigenvalue weighted by Crippen LogP contribution is 2.33. The highest BCUT2D eigenvalue weighted by Gasteiger charge is 2.27. The quantitative estimate of drug-likeness (QED) is 0.645. The minimum absolute atomic E-state index is 0.214. The minimum atomic E-state index is -0.214. The molecule has 0 bridgehead atoms. The number of piperidine rings is 1. The lowest BCUT2D eigenvalue weighted by molar-refractivity contribution is 0.122. The average Bonchev–Trinajstić information content (AvgIpc) is 2.80. The van der Waals surface area contributed by atoms with Gasteiger partial charge in [-0.1, -0.05) is 13.8 Å². The van der Waals surface area contributed by atoms with Gasteiger partial charge in [0.05, 0.1) is 36.9 Å². The van der Waals surface area contributed by atoms with Crippen LogP contribution in [0.1, 0.15) is 26.7 Å². The van der Waals surface area contributed by atoms with E-state index >= 15 is 0 Å². The van der Waals surface area contributed by atoms with E-state index in [0.29, 0.717) is 35.3 Å². The first-order valence-corrected chi connectivity index (χ1v) is 11.2. The summed E-state index contributed by atoms with van der Waals surface area (Å²) < 4.78 is 5.42. The number of nitrogens with zero attached hydrogens (tertiary/aromatic N) is 5. The third-order valence-electron chi connectivity index (χ3n) is 6.40. The van der Waals surface area contributed by atoms with Gasteiger partial charge in [-0.3, -0.25) is 4.79 Å². The molecule has 0 atom stereocenters. The highest BCUT2D eigenvalue weighted by atomic mass is 16.5. The van der Waals surface area contributed by atoms with Gasteiger partial charge in [0.25, 0.3) is 5.56 Å². The maximum absolute atomic E-state index is 12.6. The van der Waals surface area contributed by atoms with Crippen LogP contribution in [0.3, 0.4) is 0 Å². The monoisotopic (exact) mass is 435 g/mol. The maximum atomic E-state index is 12.6. The van der Waals surface area contributed by atoms with E-state index in [2.05, 4.69) is 43.9 Å². The van der Waals surface area contributed by atoms with Crippen LogP contribution in [0.5, 0.6) is 0 Å². The lowest BCUT2D eigenvalue weighted by atomic mass is 9.83. The Morgan fingerprint density at radius 2 is 1.78 bits per heavy atom. The zero-order chi connectivity index (χ0) is 22.1. The number of H-pyrrole nitrogens is 1. The molecule has 0 aromatic carbocycles. The molecule has 0 amide bonds. The molecule has 5 heterocycles. The zero-order valence-electron chi connectivity index (χ0n) is 18.6. The Morgan fingerprint density at radius 1 is 1.03 bits per heavy atom. The van der Waals surface area contributed by atoms with E-state index in [1.807, 2.05) is 18.2 Å². The molecule has 9 nitrogen and oxygen atoms in total. The van der Waals surface area contributed by atoms with Crippen molar-refractivity contribution in [1.82, 2.24) is 19.9 Å². The molecule has 3 aromatic heterocycles. The Hall–Kier alpha value is -3.20. The van der Waals surface area contributed by atoms with Gasteiger partial charge in [0, 0.05) is 32.2 Å². The number of morpholine rings is 1. The van der Waals surface area contributed by atoms with Crippen LogP contribution in [0.15, 0.2) is 35.5 Å². The van der Waals surface area contributed by atoms with Gasteiger partial charge in [-0.15, -0.1) is 0 Å². The molecule has 32 heavy (non-hydrogen) atoms. The van der Waals surface area contributed by atoms with Gasteiger partial charge in [-0.05, 0) is 30.4 Å². The van der Waals surface area contributed by atoms with Crippen molar-refractivity contribution in [3.8, 4) is 0 Å². The smallest absolute Gasteiger partial charge is 0.262 e. The van der Waals surface area contributed by atoms with Crippen molar-refractivity contribution in [1.29, 1.82) is 0 Å². The van der Waals surface area contributed by atoms with E-state index in [9.17, 15) is 4.79 Å². The van der Waals surface area contributed by atoms with Crippen LogP contribution in [0.25, 0.3) is 10.9 Å². The summed E-state index contributed by atoms with van der Waals surface area (Å²) in [6, 6.07) is 5.86. The molecule has 2 N–H and O–H groups in total. The van der Waals surface area contributed by atoms with Gasteiger partial charge in [0.1, 0.15) is 22.8 Å². The summed E-state index contributed by atoms with van der Waals surface area (Å²) in [7, 11) is 0. The Bertz CT molecular complexity index is 1140. The number of ether oxygens (including phenoxy) is 1. The van der Waals surface area contributed by atoms with E-state index in [-0.39, 0.29) is 5.56 Å². The highest BCUT2D eigenvalue weighted by molar-refractivity contribution is 5.92. The van der Waals surface area contributed by atoms with E-state index < -0.39 is 0 Å². The van der Waals surface area contributed by atoms with Crippen molar-refractivity contribution in [2.24, 2.45) is 5.41 Å². The van der Waals surface area contributed by atoms with Gasteiger partial charge >= 0.3 is 0 Å². The Labute approximate surface area is 186 Å². The number of anilines is 4. The van der Waals surface area contributed by atoms with Gasteiger partial charge in [-0.25, -0.2) is 15.0 Å². The maximum Gasteiger partial charge on any atom is 0.262 e. The molecule has 0 saturated carbocycles. The number of nitrogens with one attached hydrogen (secondary N) is 2. The molecule has 5 rings (SSSR count). The zero-order valence-corrected chi connectivity index (χ0v) is 18.6. The van der Waals surface area contributed by atoms with Crippen LogP contribution in [0, 0.1) is 5.41 Å². The number of rotatable bonds is 4. The summed E-state index contributed by atoms with van der Waals surface area (Å²) in [6.45, 7) is 9.58. The summed E-state index contributed by atoms with van der Waals surface area (Å²) >= 11 is 0. The van der Waals surface area contributed by atoms with Crippen LogP contribution < -0.4 is 20.7 Å². The van der Waals surface area contributed by atoms with E-state index in [4.69, 9.17) is 9.72 Å². The van der Waals surface area contributed by atoms with Crippen molar-refractivity contribution in [3.63, 3.8) is 0 Å². The number of hydrogen-bond acceptors (Lipinski definition) is 8. The summed E-state index contributed by atoms with van der Waals surface area (Å²) in [5.74, 6) is 2.25. The molecule has 2 saturated heterocycles. The Morgan fingerprint density at radius 3 is 2.50 bits per heavy atom. The number of pyridine rings is 2. The van der Waals surface area contributed by atoms with E-state index in [1.54, 1.807) is 6.20 Å². The van der Waals surface area contributed by atoms with Crippen LogP contribution in [-0.4, -0.2) is 59.3 Å². The molecular weight excluding hydrogens is 406 g/mol. The molecule has 2 aliphatic rings. The fourth-order valence-electron chi connectivity index (χ4n) is 4.25. The molecule has 3 aromatic rings. The average molecular weight is 436 g/mol. The molecular formula is C23H29N7O2. The normalized spacial score (nSPS) is 18.7. The fourth-order valence-corrected chi connectivity index (χ4v) is 4.25. The second kappa shape index (κ2) is 8.38. The summed E-state index contributed by atoms with van der Waals surface area (Å²) in [4.78, 5) is 33.6. The standard InChI is InChI=1S/C23H29N7O2/c1-23(2)5-7-29(8-6-23)19-13-17-20(22(31)26-15-25-17)21(28-19)27-16-3-4-18(24-14-16)30-9-11-32-12-10-30/h3-4,13-15H,5-12H2,1-2H3,(H,27,28)(H,25,26,31).